The van der Waals surface area contributed by atoms with Gasteiger partial charge in [-0.1, -0.05) is 15.9 Å². The number of nitro groups is 1. The van der Waals surface area contributed by atoms with Crippen molar-refractivity contribution in [3.05, 3.63) is 39.4 Å². The van der Waals surface area contributed by atoms with Crippen LogP contribution in [0.2, 0.25) is 0 Å². The summed E-state index contributed by atoms with van der Waals surface area (Å²) in [7, 11) is 0. The fourth-order valence-electron chi connectivity index (χ4n) is 1.25. The maximum atomic E-state index is 11.6. The predicted octanol–water partition coefficient (Wildman–Crippen LogP) is 3.30. The number of hydrogen-bond acceptors (Lipinski definition) is 3. The molecule has 0 saturated heterocycles. The monoisotopic (exact) mass is 305 g/mol. The molecular formula is C10H9BrClNO3. The summed E-state index contributed by atoms with van der Waals surface area (Å²) in [4.78, 5) is 21.4. The van der Waals surface area contributed by atoms with Crippen molar-refractivity contribution in [2.24, 2.45) is 0 Å². The van der Waals surface area contributed by atoms with Gasteiger partial charge < -0.3 is 0 Å². The quantitative estimate of drug-likeness (QED) is 0.371. The molecule has 0 radical (unpaired) electrons. The van der Waals surface area contributed by atoms with E-state index >= 15 is 0 Å². The summed E-state index contributed by atoms with van der Waals surface area (Å²) in [6.07, 6.45) is 0. The van der Waals surface area contributed by atoms with Crippen LogP contribution in [0, 0.1) is 10.1 Å². The van der Waals surface area contributed by atoms with Crippen molar-refractivity contribution in [2.75, 3.05) is 0 Å². The van der Waals surface area contributed by atoms with E-state index in [0.717, 1.165) is 0 Å². The number of nitrogens with zero attached hydrogens (tertiary/aromatic N) is 1. The molecule has 0 aliphatic carbocycles. The highest BCUT2D eigenvalue weighted by atomic mass is 79.9. The summed E-state index contributed by atoms with van der Waals surface area (Å²) in [6, 6.07) is 4.21. The summed E-state index contributed by atoms with van der Waals surface area (Å²) in [5, 5.41) is 10.6. The first-order chi connectivity index (χ1) is 7.47. The Hall–Kier alpha value is -0.940. The first kappa shape index (κ1) is 13.1. The van der Waals surface area contributed by atoms with E-state index in [-0.39, 0.29) is 22.2 Å². The lowest BCUT2D eigenvalue weighted by molar-refractivity contribution is -0.385. The molecule has 0 spiro atoms. The number of Topliss-reactive ketones (excluding diaryl/α,β-unsaturated/α-hetero) is 1. The highest BCUT2D eigenvalue weighted by Gasteiger charge is 2.18. The van der Waals surface area contributed by atoms with Gasteiger partial charge in [0.15, 0.2) is 5.78 Å². The third kappa shape index (κ3) is 2.80. The van der Waals surface area contributed by atoms with Gasteiger partial charge in [-0.3, -0.25) is 14.9 Å². The van der Waals surface area contributed by atoms with Crippen LogP contribution in [0.5, 0.6) is 0 Å². The second-order valence-corrected chi connectivity index (χ2v) is 4.86. The zero-order valence-electron chi connectivity index (χ0n) is 8.44. The van der Waals surface area contributed by atoms with E-state index in [0.29, 0.717) is 11.1 Å². The summed E-state index contributed by atoms with van der Waals surface area (Å²) >= 11 is 8.76. The van der Waals surface area contributed by atoms with Gasteiger partial charge in [0.05, 0.1) is 15.6 Å². The maximum absolute atomic E-state index is 11.6. The normalized spacial score (nSPS) is 12.2. The first-order valence-corrected chi connectivity index (χ1v) is 5.94. The van der Waals surface area contributed by atoms with Gasteiger partial charge in [0.25, 0.3) is 5.69 Å². The first-order valence-electron chi connectivity index (χ1n) is 4.49. The Morgan fingerprint density at radius 2 is 2.25 bits per heavy atom. The van der Waals surface area contributed by atoms with E-state index in [1.54, 1.807) is 6.92 Å². The van der Waals surface area contributed by atoms with Crippen LogP contribution in [0.1, 0.15) is 22.8 Å². The SMILES string of the molecule is CC(Br)C(=O)c1ccc([N+](=O)[O-])c(CCl)c1. The van der Waals surface area contributed by atoms with Crippen LogP contribution in [-0.2, 0) is 5.88 Å². The standard InChI is InChI=1S/C10H9BrClNO3/c1-6(11)10(14)7-2-3-9(13(15)16)8(4-7)5-12/h2-4,6H,5H2,1H3. The van der Waals surface area contributed by atoms with E-state index < -0.39 is 4.92 Å². The van der Waals surface area contributed by atoms with Gasteiger partial charge in [-0.05, 0) is 19.1 Å². The van der Waals surface area contributed by atoms with E-state index in [1.165, 1.54) is 18.2 Å². The van der Waals surface area contributed by atoms with Crippen molar-refractivity contribution >= 4 is 39.0 Å². The average molecular weight is 307 g/mol. The second kappa shape index (κ2) is 5.41. The van der Waals surface area contributed by atoms with E-state index in [1.807, 2.05) is 0 Å². The number of hydrogen-bond donors (Lipinski definition) is 0. The second-order valence-electron chi connectivity index (χ2n) is 3.21. The maximum Gasteiger partial charge on any atom is 0.273 e. The van der Waals surface area contributed by atoms with Crippen molar-refractivity contribution in [1.29, 1.82) is 0 Å². The minimum Gasteiger partial charge on any atom is -0.293 e. The third-order valence-corrected chi connectivity index (χ3v) is 2.77. The summed E-state index contributed by atoms with van der Waals surface area (Å²) in [6.45, 7) is 1.70. The molecule has 0 aliphatic heterocycles. The van der Waals surface area contributed by atoms with Gasteiger partial charge in [0.1, 0.15) is 0 Å². The van der Waals surface area contributed by atoms with Gasteiger partial charge in [-0.25, -0.2) is 0 Å². The molecule has 0 heterocycles. The van der Waals surface area contributed by atoms with Crippen LogP contribution < -0.4 is 0 Å². The van der Waals surface area contributed by atoms with Crippen molar-refractivity contribution in [3.8, 4) is 0 Å². The molecule has 0 amide bonds. The predicted molar refractivity (Wildman–Crippen MR) is 65.4 cm³/mol. The zero-order valence-corrected chi connectivity index (χ0v) is 10.8. The molecule has 16 heavy (non-hydrogen) atoms. The molecule has 0 bridgehead atoms. The molecule has 1 atom stereocenters. The molecule has 6 heteroatoms. The Morgan fingerprint density at radius 3 is 2.69 bits per heavy atom. The van der Waals surface area contributed by atoms with Crippen LogP contribution in [0.4, 0.5) is 5.69 Å². The number of carbonyl (C=O) groups excluding carboxylic acids is 1. The number of carbonyl (C=O) groups is 1. The van der Waals surface area contributed by atoms with Gasteiger partial charge in [-0.15, -0.1) is 11.6 Å². The number of benzene rings is 1. The molecule has 0 N–H and O–H groups in total. The summed E-state index contributed by atoms with van der Waals surface area (Å²) in [5.41, 5.74) is 0.713. The highest BCUT2D eigenvalue weighted by molar-refractivity contribution is 9.10. The largest absolute Gasteiger partial charge is 0.293 e. The van der Waals surface area contributed by atoms with Crippen LogP contribution in [0.15, 0.2) is 18.2 Å². The topological polar surface area (TPSA) is 60.2 Å². The molecule has 1 aromatic rings. The Balaban J connectivity index is 3.19. The Bertz CT molecular complexity index is 434. The van der Waals surface area contributed by atoms with E-state index in [4.69, 9.17) is 11.6 Å². The van der Waals surface area contributed by atoms with Crippen LogP contribution in [0.3, 0.4) is 0 Å². The lowest BCUT2D eigenvalue weighted by Gasteiger charge is -2.05. The van der Waals surface area contributed by atoms with Gasteiger partial charge in [-0.2, -0.15) is 0 Å². The van der Waals surface area contributed by atoms with Crippen molar-refractivity contribution in [1.82, 2.24) is 0 Å². The van der Waals surface area contributed by atoms with Crippen molar-refractivity contribution in [2.45, 2.75) is 17.6 Å². The Kier molecular flexibility index (Phi) is 4.44. The average Bonchev–Trinajstić information content (AvgIpc) is 2.26. The molecule has 1 unspecified atom stereocenters. The molecular weight excluding hydrogens is 297 g/mol. The summed E-state index contributed by atoms with van der Waals surface area (Å²) in [5.74, 6) is -0.116. The molecule has 0 aliphatic rings. The molecule has 0 saturated carbocycles. The number of ketones is 1. The molecule has 1 aromatic carbocycles. The summed E-state index contributed by atoms with van der Waals surface area (Å²) < 4.78 is 0. The fraction of sp³-hybridized carbons (Fsp3) is 0.300. The number of nitro benzene ring substituents is 1. The van der Waals surface area contributed by atoms with E-state index in [9.17, 15) is 14.9 Å². The minimum absolute atomic E-state index is 0.00804. The lowest BCUT2D eigenvalue weighted by Crippen LogP contribution is -2.10. The smallest absolute Gasteiger partial charge is 0.273 e. The lowest BCUT2D eigenvalue weighted by atomic mass is 10.0. The highest BCUT2D eigenvalue weighted by Crippen LogP contribution is 2.23. The van der Waals surface area contributed by atoms with Gasteiger partial charge in [0.2, 0.25) is 0 Å². The number of halogens is 2. The molecule has 1 rings (SSSR count). The fourth-order valence-corrected chi connectivity index (χ4v) is 1.73. The Morgan fingerprint density at radius 1 is 1.62 bits per heavy atom. The molecule has 0 aromatic heterocycles. The number of alkyl halides is 2. The zero-order chi connectivity index (χ0) is 12.3. The molecule has 4 nitrogen and oxygen atoms in total. The third-order valence-electron chi connectivity index (χ3n) is 2.07. The van der Waals surface area contributed by atoms with Crippen LogP contribution in [-0.4, -0.2) is 15.5 Å². The van der Waals surface area contributed by atoms with Crippen molar-refractivity contribution < 1.29 is 9.72 Å². The molecule has 86 valence electrons. The van der Waals surface area contributed by atoms with Crippen LogP contribution in [0.25, 0.3) is 0 Å². The van der Waals surface area contributed by atoms with Crippen molar-refractivity contribution in [3.63, 3.8) is 0 Å². The van der Waals surface area contributed by atoms with E-state index in [2.05, 4.69) is 15.9 Å². The van der Waals surface area contributed by atoms with Gasteiger partial charge in [0, 0.05) is 17.2 Å². The van der Waals surface area contributed by atoms with Crippen LogP contribution >= 0.6 is 27.5 Å². The molecule has 0 fully saturated rings. The minimum atomic E-state index is -0.510. The van der Waals surface area contributed by atoms with Gasteiger partial charge >= 0.3 is 0 Å². The number of rotatable bonds is 4. The Labute approximate surface area is 106 Å².